The summed E-state index contributed by atoms with van der Waals surface area (Å²) in [5.41, 5.74) is 5.89. The highest BCUT2D eigenvalue weighted by molar-refractivity contribution is 7.52. The van der Waals surface area contributed by atoms with Crippen molar-refractivity contribution in [2.75, 3.05) is 6.61 Å². The molecule has 5 rings (SSSR count). The number of pyridine rings is 1. The van der Waals surface area contributed by atoms with Gasteiger partial charge in [-0.3, -0.25) is 19.1 Å². The Bertz CT molecular complexity index is 2040. The maximum absolute atomic E-state index is 14.7. The maximum Gasteiger partial charge on any atom is 0.461 e. The standard InChI is InChI=1S/C36H43F2N8O7PS/c1-5-50-26-13-11-25(12-14-26)40-18-29(32(39)33-28(37)15-16-31(38)44-33)42-34(47)30-20-55-35(43-30)24-17-41-46(19-24)21-51-54(49,53-27-9-7-6-8-10-27)45-23(4)36(48)52-22(2)3/h6-10,15-20,22-23,25-26H,5,11-14,21,39H2,1-4H3,(H,42,47)(H,45,49). The third-order valence-corrected chi connectivity index (χ3v) is 10.6. The fraction of sp³-hybridized carbons (Fsp3) is 0.389. The molecular formula is C36H43F2N8O7PS. The first-order chi connectivity index (χ1) is 26.3. The van der Waals surface area contributed by atoms with Gasteiger partial charge in [0.15, 0.2) is 12.5 Å². The number of nitrogens with zero attached hydrogens (tertiary/aromatic N) is 5. The van der Waals surface area contributed by atoms with Crippen molar-refractivity contribution in [3.63, 3.8) is 0 Å². The minimum absolute atomic E-state index is 0.000158. The summed E-state index contributed by atoms with van der Waals surface area (Å²) in [6.45, 7) is 7.08. The molecule has 1 amide bonds. The van der Waals surface area contributed by atoms with Gasteiger partial charge in [0.25, 0.3) is 5.91 Å². The SMILES string of the molecule is CCOC1CCC(N=CC(NC(=O)c2csc(-c3cnn(COP(=O)(NC(C)C(=O)OC(C)C)Oc4ccccc4)c3)n2)=C(N)c2nc(F)ccc2F)CC1. The first-order valence-electron chi connectivity index (χ1n) is 17.6. The maximum atomic E-state index is 14.7. The van der Waals surface area contributed by atoms with E-state index in [1.807, 2.05) is 6.92 Å². The minimum atomic E-state index is -4.16. The Morgan fingerprint density at radius 2 is 1.85 bits per heavy atom. The minimum Gasteiger partial charge on any atom is -0.462 e. The molecule has 2 unspecified atom stereocenters. The summed E-state index contributed by atoms with van der Waals surface area (Å²) < 4.78 is 66.1. The molecule has 1 aromatic carbocycles. The first-order valence-corrected chi connectivity index (χ1v) is 20.0. The van der Waals surface area contributed by atoms with E-state index < -0.39 is 43.1 Å². The Hall–Kier alpha value is -4.87. The molecule has 55 heavy (non-hydrogen) atoms. The number of aliphatic imine (C=N–C) groups is 1. The summed E-state index contributed by atoms with van der Waals surface area (Å²) in [5, 5.41) is 11.4. The summed E-state index contributed by atoms with van der Waals surface area (Å²) in [6.07, 6.45) is 7.23. The molecule has 4 aromatic rings. The lowest BCUT2D eigenvalue weighted by molar-refractivity contribution is -0.149. The smallest absolute Gasteiger partial charge is 0.461 e. The predicted octanol–water partition coefficient (Wildman–Crippen LogP) is 6.25. The number of esters is 1. The second-order valence-electron chi connectivity index (χ2n) is 12.7. The number of benzene rings is 1. The van der Waals surface area contributed by atoms with E-state index in [4.69, 9.17) is 24.3 Å². The van der Waals surface area contributed by atoms with Crippen LogP contribution in [0, 0.1) is 11.8 Å². The quantitative estimate of drug-likeness (QED) is 0.0471. The van der Waals surface area contributed by atoms with Gasteiger partial charge in [-0.25, -0.2) is 23.6 Å². The molecule has 0 saturated heterocycles. The third-order valence-electron chi connectivity index (χ3n) is 8.07. The van der Waals surface area contributed by atoms with E-state index in [0.717, 1.165) is 49.2 Å². The first kappa shape index (κ1) is 41.3. The molecule has 0 radical (unpaired) electrons. The van der Waals surface area contributed by atoms with Crippen LogP contribution in [0.1, 0.15) is 69.6 Å². The van der Waals surface area contributed by atoms with Gasteiger partial charge < -0.3 is 25.0 Å². The average Bonchev–Trinajstić information content (AvgIpc) is 3.85. The Labute approximate surface area is 320 Å². The number of carbonyl (C=O) groups excluding carboxylic acids is 2. The number of carbonyl (C=O) groups is 2. The highest BCUT2D eigenvalue weighted by Crippen LogP contribution is 2.45. The van der Waals surface area contributed by atoms with Crippen molar-refractivity contribution in [2.24, 2.45) is 10.7 Å². The van der Waals surface area contributed by atoms with Crippen LogP contribution in [-0.4, -0.2) is 68.7 Å². The highest BCUT2D eigenvalue weighted by atomic mass is 32.1. The molecule has 3 heterocycles. The molecule has 0 bridgehead atoms. The zero-order valence-corrected chi connectivity index (χ0v) is 32.4. The number of hydrogen-bond acceptors (Lipinski definition) is 13. The number of nitrogens with one attached hydrogen (secondary N) is 2. The van der Waals surface area contributed by atoms with Gasteiger partial charge in [-0.1, -0.05) is 18.2 Å². The van der Waals surface area contributed by atoms with Gasteiger partial charge in [-0.15, -0.1) is 11.3 Å². The molecule has 15 nitrogen and oxygen atoms in total. The fourth-order valence-corrected chi connectivity index (χ4v) is 7.60. The Kier molecular flexibility index (Phi) is 14.4. The molecule has 4 N–H and O–H groups in total. The van der Waals surface area contributed by atoms with E-state index in [2.05, 4.69) is 30.5 Å². The van der Waals surface area contributed by atoms with E-state index >= 15 is 0 Å². The lowest BCUT2D eigenvalue weighted by Gasteiger charge is -2.26. The predicted molar refractivity (Wildman–Crippen MR) is 202 cm³/mol. The third kappa shape index (κ3) is 11.8. The highest BCUT2D eigenvalue weighted by Gasteiger charge is 2.33. The molecule has 0 spiro atoms. The van der Waals surface area contributed by atoms with Gasteiger partial charge >= 0.3 is 13.7 Å². The van der Waals surface area contributed by atoms with Crippen LogP contribution in [0.2, 0.25) is 0 Å². The summed E-state index contributed by atoms with van der Waals surface area (Å²) >= 11 is 1.14. The monoisotopic (exact) mass is 800 g/mol. The van der Waals surface area contributed by atoms with Crippen molar-refractivity contribution in [3.8, 4) is 16.3 Å². The number of thiazole rings is 1. The van der Waals surface area contributed by atoms with Crippen molar-refractivity contribution in [3.05, 3.63) is 89.1 Å². The second-order valence-corrected chi connectivity index (χ2v) is 15.3. The Morgan fingerprint density at radius 1 is 1.11 bits per heavy atom. The van der Waals surface area contributed by atoms with E-state index in [1.165, 1.54) is 29.4 Å². The van der Waals surface area contributed by atoms with Crippen LogP contribution in [0.4, 0.5) is 8.78 Å². The van der Waals surface area contributed by atoms with Crippen molar-refractivity contribution in [1.29, 1.82) is 0 Å². The summed E-state index contributed by atoms with van der Waals surface area (Å²) in [7, 11) is -4.16. The number of hydrogen-bond donors (Lipinski definition) is 3. The summed E-state index contributed by atoms with van der Waals surface area (Å²) in [6, 6.07) is 8.94. The summed E-state index contributed by atoms with van der Waals surface area (Å²) in [5.74, 6) is -2.92. The van der Waals surface area contributed by atoms with Crippen molar-refractivity contribution < 1.29 is 41.5 Å². The van der Waals surface area contributed by atoms with E-state index in [-0.39, 0.29) is 47.8 Å². The molecule has 1 aliphatic carbocycles. The molecule has 2 atom stereocenters. The van der Waals surface area contributed by atoms with Crippen LogP contribution < -0.4 is 20.7 Å². The van der Waals surface area contributed by atoms with Crippen LogP contribution in [0.5, 0.6) is 5.75 Å². The molecule has 0 aliphatic heterocycles. The van der Waals surface area contributed by atoms with Crippen LogP contribution in [0.3, 0.4) is 0 Å². The number of ether oxygens (including phenoxy) is 2. The normalized spacial score (nSPS) is 18.1. The van der Waals surface area contributed by atoms with Gasteiger partial charge in [-0.05, 0) is 77.6 Å². The number of rotatable bonds is 17. The van der Waals surface area contributed by atoms with Crippen molar-refractivity contribution in [2.45, 2.75) is 84.4 Å². The van der Waals surface area contributed by atoms with Crippen LogP contribution in [-0.2, 0) is 30.1 Å². The lowest BCUT2D eigenvalue weighted by Crippen LogP contribution is -2.36. The van der Waals surface area contributed by atoms with E-state index in [0.29, 0.717) is 17.2 Å². The van der Waals surface area contributed by atoms with E-state index in [1.54, 1.807) is 50.4 Å². The van der Waals surface area contributed by atoms with Crippen LogP contribution >= 0.6 is 19.1 Å². The number of para-hydroxylation sites is 1. The van der Waals surface area contributed by atoms with Gasteiger partial charge in [0, 0.05) is 30.0 Å². The fourth-order valence-electron chi connectivity index (χ4n) is 5.39. The van der Waals surface area contributed by atoms with E-state index in [9.17, 15) is 22.9 Å². The molecular weight excluding hydrogens is 757 g/mol. The van der Waals surface area contributed by atoms with Gasteiger partial charge in [0.1, 0.15) is 28.2 Å². The van der Waals surface area contributed by atoms with Crippen molar-refractivity contribution >= 4 is 42.9 Å². The van der Waals surface area contributed by atoms with Crippen molar-refractivity contribution in [1.82, 2.24) is 30.2 Å². The van der Waals surface area contributed by atoms with Crippen LogP contribution in [0.25, 0.3) is 16.3 Å². The van der Waals surface area contributed by atoms with Gasteiger partial charge in [-0.2, -0.15) is 14.6 Å². The van der Waals surface area contributed by atoms with Gasteiger partial charge in [0.2, 0.25) is 5.95 Å². The molecule has 1 aliphatic rings. The molecule has 19 heteroatoms. The molecule has 1 fully saturated rings. The average molecular weight is 801 g/mol. The van der Waals surface area contributed by atoms with Crippen LogP contribution in [0.15, 0.2) is 70.9 Å². The number of aromatic nitrogens is 4. The second kappa shape index (κ2) is 19.1. The number of nitrogens with two attached hydrogens (primary N) is 1. The zero-order chi connectivity index (χ0) is 39.5. The summed E-state index contributed by atoms with van der Waals surface area (Å²) in [4.78, 5) is 38.5. The molecule has 1 saturated carbocycles. The Morgan fingerprint density at radius 3 is 2.56 bits per heavy atom. The molecule has 3 aromatic heterocycles. The Balaban J connectivity index is 1.29. The number of amides is 1. The lowest BCUT2D eigenvalue weighted by atomic mass is 9.93. The zero-order valence-electron chi connectivity index (χ0n) is 30.7. The molecule has 294 valence electrons. The topological polar surface area (TPSA) is 194 Å². The number of halogens is 2. The number of allylic oxidation sites excluding steroid dienone is 1. The largest absolute Gasteiger partial charge is 0.462 e. The van der Waals surface area contributed by atoms with Gasteiger partial charge in [0.05, 0.1) is 35.8 Å².